The first-order chi connectivity index (χ1) is 13.7. The Morgan fingerprint density at radius 1 is 1.14 bits per heavy atom. The van der Waals surface area contributed by atoms with Crippen LogP contribution >= 0.6 is 0 Å². The van der Waals surface area contributed by atoms with Crippen molar-refractivity contribution in [2.45, 2.75) is 19.4 Å². The van der Waals surface area contributed by atoms with E-state index in [1.54, 1.807) is 0 Å². The summed E-state index contributed by atoms with van der Waals surface area (Å²) in [6, 6.07) is 9.61. The summed E-state index contributed by atoms with van der Waals surface area (Å²) in [6.07, 6.45) is 3.64. The lowest BCUT2D eigenvalue weighted by Gasteiger charge is -2.16. The van der Waals surface area contributed by atoms with E-state index in [-0.39, 0.29) is 24.2 Å². The van der Waals surface area contributed by atoms with Gasteiger partial charge in [0.1, 0.15) is 0 Å². The summed E-state index contributed by atoms with van der Waals surface area (Å²) < 4.78 is 5.17. The lowest BCUT2D eigenvalue weighted by molar-refractivity contribution is 0.0944. The zero-order chi connectivity index (χ0) is 19.3. The number of hydrogen-bond acceptors (Lipinski definition) is 8. The zero-order valence-electron chi connectivity index (χ0n) is 15.4. The number of methoxy groups -OCH3 is 1. The number of carbonyl (C=O) groups excluding carboxylic acids is 1. The van der Waals surface area contributed by atoms with E-state index in [1.807, 2.05) is 30.3 Å². The number of nitrogens with one attached hydrogen (secondary N) is 1. The smallest absolute Gasteiger partial charge is 0.321 e. The van der Waals surface area contributed by atoms with Crippen LogP contribution < -0.4 is 15.0 Å². The average molecular weight is 380 g/mol. The van der Waals surface area contributed by atoms with E-state index in [0.717, 1.165) is 31.6 Å². The average Bonchev–Trinajstić information content (AvgIpc) is 3.45. The summed E-state index contributed by atoms with van der Waals surface area (Å²) >= 11 is 0. The minimum absolute atomic E-state index is 0.136. The van der Waals surface area contributed by atoms with E-state index in [1.165, 1.54) is 18.1 Å². The molecular weight excluding hydrogens is 360 g/mol. The van der Waals surface area contributed by atoms with Crippen molar-refractivity contribution in [2.24, 2.45) is 0 Å². The van der Waals surface area contributed by atoms with Gasteiger partial charge in [-0.25, -0.2) is 0 Å². The van der Waals surface area contributed by atoms with Crippen LogP contribution in [0.1, 0.15) is 29.2 Å². The van der Waals surface area contributed by atoms with Crippen molar-refractivity contribution in [2.75, 3.05) is 25.1 Å². The summed E-state index contributed by atoms with van der Waals surface area (Å²) in [5.41, 5.74) is 0.989. The molecule has 1 saturated heterocycles. The van der Waals surface area contributed by atoms with Crippen LogP contribution in [-0.2, 0) is 6.54 Å². The topological polar surface area (TPSA) is 111 Å². The molecule has 144 valence electrons. The maximum Gasteiger partial charge on any atom is 0.321 e. The Kier molecular flexibility index (Phi) is 5.09. The second kappa shape index (κ2) is 7.99. The van der Waals surface area contributed by atoms with Gasteiger partial charge in [-0.3, -0.25) is 4.79 Å². The van der Waals surface area contributed by atoms with Gasteiger partial charge in [-0.2, -0.15) is 24.8 Å². The minimum atomic E-state index is -0.357. The third-order valence-corrected chi connectivity index (χ3v) is 4.34. The fraction of sp³-hybridized carbons (Fsp3) is 0.333. The highest BCUT2D eigenvalue weighted by atomic mass is 16.5. The fourth-order valence-electron chi connectivity index (χ4n) is 2.92. The molecule has 10 heteroatoms. The highest BCUT2D eigenvalue weighted by Gasteiger charge is 2.18. The Bertz CT molecular complexity index is 953. The molecule has 1 N–H and O–H groups in total. The standard InChI is InChI=1S/C18H20N8O2/c1-28-18-22-15(21-17(23-18)25-9-5-6-10-25)12-19-16(27)14-11-20-26(24-14)13-7-3-2-4-8-13/h2-4,7-8,11H,5-6,9-10,12H2,1H3,(H,19,27). The van der Waals surface area contributed by atoms with Gasteiger partial charge in [0, 0.05) is 13.1 Å². The third-order valence-electron chi connectivity index (χ3n) is 4.34. The molecule has 1 aliphatic rings. The number of carbonyl (C=O) groups is 1. The molecule has 0 atom stereocenters. The molecule has 0 unspecified atom stereocenters. The van der Waals surface area contributed by atoms with E-state index in [9.17, 15) is 4.79 Å². The molecule has 1 aromatic carbocycles. The Morgan fingerprint density at radius 2 is 1.93 bits per heavy atom. The number of para-hydroxylation sites is 1. The molecule has 2 aromatic heterocycles. The van der Waals surface area contributed by atoms with Gasteiger partial charge in [0.15, 0.2) is 11.5 Å². The van der Waals surface area contributed by atoms with Gasteiger partial charge < -0.3 is 15.0 Å². The fourth-order valence-corrected chi connectivity index (χ4v) is 2.92. The van der Waals surface area contributed by atoms with E-state index >= 15 is 0 Å². The molecule has 0 spiro atoms. The van der Waals surface area contributed by atoms with Crippen molar-refractivity contribution in [1.82, 2.24) is 35.3 Å². The molecule has 0 radical (unpaired) electrons. The van der Waals surface area contributed by atoms with E-state index in [2.05, 4.69) is 35.4 Å². The minimum Gasteiger partial charge on any atom is -0.467 e. The first kappa shape index (κ1) is 17.8. The summed E-state index contributed by atoms with van der Waals surface area (Å²) in [7, 11) is 1.51. The summed E-state index contributed by atoms with van der Waals surface area (Å²) in [6.45, 7) is 1.94. The molecule has 1 fully saturated rings. The van der Waals surface area contributed by atoms with Gasteiger partial charge in [0.2, 0.25) is 5.95 Å². The van der Waals surface area contributed by atoms with Gasteiger partial charge in [0.05, 0.1) is 25.5 Å². The van der Waals surface area contributed by atoms with Crippen LogP contribution in [-0.4, -0.2) is 56.1 Å². The number of ether oxygens (including phenoxy) is 1. The van der Waals surface area contributed by atoms with Crippen LogP contribution in [0.3, 0.4) is 0 Å². The van der Waals surface area contributed by atoms with Crippen LogP contribution in [0, 0.1) is 0 Å². The van der Waals surface area contributed by atoms with Crippen molar-refractivity contribution >= 4 is 11.9 Å². The molecule has 3 aromatic rings. The first-order valence-electron chi connectivity index (χ1n) is 9.03. The van der Waals surface area contributed by atoms with Gasteiger partial charge >= 0.3 is 6.01 Å². The highest BCUT2D eigenvalue weighted by Crippen LogP contribution is 2.17. The van der Waals surface area contributed by atoms with Gasteiger partial charge in [-0.05, 0) is 25.0 Å². The molecule has 3 heterocycles. The summed E-state index contributed by atoms with van der Waals surface area (Å²) in [5, 5.41) is 11.1. The second-order valence-corrected chi connectivity index (χ2v) is 6.27. The number of anilines is 1. The number of aromatic nitrogens is 6. The summed E-state index contributed by atoms with van der Waals surface area (Å²) in [5.74, 6) is 0.644. The first-order valence-corrected chi connectivity index (χ1v) is 9.03. The number of nitrogens with zero attached hydrogens (tertiary/aromatic N) is 7. The lowest BCUT2D eigenvalue weighted by Crippen LogP contribution is -2.26. The van der Waals surface area contributed by atoms with Crippen LogP contribution in [0.4, 0.5) is 5.95 Å². The van der Waals surface area contributed by atoms with Crippen LogP contribution in [0.5, 0.6) is 6.01 Å². The van der Waals surface area contributed by atoms with Crippen LogP contribution in [0.15, 0.2) is 36.5 Å². The van der Waals surface area contributed by atoms with Crippen molar-refractivity contribution in [3.05, 3.63) is 48.0 Å². The normalized spacial score (nSPS) is 13.5. The second-order valence-electron chi connectivity index (χ2n) is 6.27. The summed E-state index contributed by atoms with van der Waals surface area (Å²) in [4.78, 5) is 28.9. The monoisotopic (exact) mass is 380 g/mol. The van der Waals surface area contributed by atoms with E-state index in [0.29, 0.717) is 11.8 Å². The molecular formula is C18H20N8O2. The number of rotatable bonds is 6. The highest BCUT2D eigenvalue weighted by molar-refractivity contribution is 5.91. The van der Waals surface area contributed by atoms with Gasteiger partial charge in [0.25, 0.3) is 5.91 Å². The number of benzene rings is 1. The Labute approximate surface area is 161 Å². The number of hydrogen-bond donors (Lipinski definition) is 1. The van der Waals surface area contributed by atoms with Crippen molar-refractivity contribution < 1.29 is 9.53 Å². The molecule has 4 rings (SSSR count). The predicted octanol–water partition coefficient (Wildman–Crippen LogP) is 0.991. The maximum absolute atomic E-state index is 12.4. The SMILES string of the molecule is COc1nc(CNC(=O)c2cnn(-c3ccccc3)n2)nc(N2CCCC2)n1. The van der Waals surface area contributed by atoms with Gasteiger partial charge in [-0.15, -0.1) is 5.10 Å². The Hall–Kier alpha value is -3.56. The van der Waals surface area contributed by atoms with Crippen molar-refractivity contribution in [3.8, 4) is 11.7 Å². The Balaban J connectivity index is 1.45. The van der Waals surface area contributed by atoms with E-state index in [4.69, 9.17) is 4.74 Å². The molecule has 0 bridgehead atoms. The predicted molar refractivity (Wildman–Crippen MR) is 100 cm³/mol. The van der Waals surface area contributed by atoms with Crippen LogP contribution in [0.2, 0.25) is 0 Å². The van der Waals surface area contributed by atoms with Crippen LogP contribution in [0.25, 0.3) is 5.69 Å². The van der Waals surface area contributed by atoms with E-state index < -0.39 is 0 Å². The third kappa shape index (κ3) is 3.90. The number of amides is 1. The maximum atomic E-state index is 12.4. The van der Waals surface area contributed by atoms with Crippen molar-refractivity contribution in [3.63, 3.8) is 0 Å². The molecule has 28 heavy (non-hydrogen) atoms. The quantitative estimate of drug-likeness (QED) is 0.674. The lowest BCUT2D eigenvalue weighted by atomic mass is 10.3. The molecule has 1 amide bonds. The van der Waals surface area contributed by atoms with Crippen molar-refractivity contribution in [1.29, 1.82) is 0 Å². The Morgan fingerprint density at radius 3 is 2.68 bits per heavy atom. The zero-order valence-corrected chi connectivity index (χ0v) is 15.4. The van der Waals surface area contributed by atoms with Gasteiger partial charge in [-0.1, -0.05) is 18.2 Å². The molecule has 1 aliphatic heterocycles. The molecule has 0 aliphatic carbocycles. The molecule has 0 saturated carbocycles. The molecule has 10 nitrogen and oxygen atoms in total. The largest absolute Gasteiger partial charge is 0.467 e.